The van der Waals surface area contributed by atoms with E-state index >= 15 is 0 Å². The molecule has 0 fully saturated rings. The summed E-state index contributed by atoms with van der Waals surface area (Å²) >= 11 is 12.0. The molecule has 0 aromatic heterocycles. The smallest absolute Gasteiger partial charge is 0.0938 e. The minimum Gasteiger partial charge on any atom is -0.390 e. The monoisotopic (exact) mass is 304 g/mol. The van der Waals surface area contributed by atoms with E-state index in [9.17, 15) is 5.11 Å². The molecule has 0 radical (unpaired) electrons. The Kier molecular flexibility index (Phi) is 6.61. The van der Waals surface area contributed by atoms with Crippen molar-refractivity contribution in [2.24, 2.45) is 0 Å². The number of rotatable bonds is 7. The second-order valence-corrected chi connectivity index (χ2v) is 5.50. The Morgan fingerprint density at radius 3 is 2.32 bits per heavy atom. The van der Waals surface area contributed by atoms with Crippen molar-refractivity contribution >= 4 is 23.2 Å². The van der Waals surface area contributed by atoms with Crippen LogP contribution in [-0.4, -0.2) is 23.4 Å². The zero-order valence-corrected chi connectivity index (χ0v) is 13.3. The number of aliphatic hydroxyl groups excluding tert-OH is 1. The van der Waals surface area contributed by atoms with Crippen LogP contribution in [0.15, 0.2) is 18.2 Å². The van der Waals surface area contributed by atoms with Crippen molar-refractivity contribution in [3.8, 4) is 0 Å². The Balaban J connectivity index is 2.89. The third-order valence-corrected chi connectivity index (χ3v) is 4.25. The highest BCUT2D eigenvalue weighted by atomic mass is 35.5. The molecule has 0 aliphatic rings. The molecule has 1 unspecified atom stereocenters. The van der Waals surface area contributed by atoms with E-state index in [2.05, 4.69) is 0 Å². The lowest BCUT2D eigenvalue weighted by Gasteiger charge is -2.36. The van der Waals surface area contributed by atoms with Crippen molar-refractivity contribution in [1.82, 2.24) is 0 Å². The van der Waals surface area contributed by atoms with Gasteiger partial charge in [-0.3, -0.25) is 0 Å². The van der Waals surface area contributed by atoms with E-state index in [1.165, 1.54) is 0 Å². The lowest BCUT2D eigenvalue weighted by molar-refractivity contribution is -0.124. The van der Waals surface area contributed by atoms with Crippen LogP contribution >= 0.6 is 23.2 Å². The van der Waals surface area contributed by atoms with Gasteiger partial charge in [0.1, 0.15) is 0 Å². The van der Waals surface area contributed by atoms with Gasteiger partial charge >= 0.3 is 0 Å². The van der Waals surface area contributed by atoms with Gasteiger partial charge in [0.2, 0.25) is 0 Å². The van der Waals surface area contributed by atoms with Crippen molar-refractivity contribution in [2.75, 3.05) is 6.61 Å². The van der Waals surface area contributed by atoms with Crippen LogP contribution in [-0.2, 0) is 11.2 Å². The molecule has 0 saturated carbocycles. The molecule has 1 rings (SSSR count). The predicted molar refractivity (Wildman–Crippen MR) is 81.1 cm³/mol. The zero-order valence-electron chi connectivity index (χ0n) is 11.7. The largest absolute Gasteiger partial charge is 0.390 e. The number of halogens is 2. The van der Waals surface area contributed by atoms with Crippen LogP contribution < -0.4 is 0 Å². The summed E-state index contributed by atoms with van der Waals surface area (Å²) in [6.45, 7) is 6.60. The highest BCUT2D eigenvalue weighted by Gasteiger charge is 2.35. The summed E-state index contributed by atoms with van der Waals surface area (Å²) in [7, 11) is 0. The Morgan fingerprint density at radius 1 is 1.21 bits per heavy atom. The molecule has 0 spiro atoms. The Hall–Kier alpha value is -0.280. The van der Waals surface area contributed by atoms with Gasteiger partial charge in [0.25, 0.3) is 0 Å². The summed E-state index contributed by atoms with van der Waals surface area (Å²) in [5.41, 5.74) is 0.391. The number of benzene rings is 1. The maximum Gasteiger partial charge on any atom is 0.0938 e. The van der Waals surface area contributed by atoms with Gasteiger partial charge in [0, 0.05) is 23.1 Å². The third kappa shape index (κ3) is 4.09. The predicted octanol–water partition coefficient (Wildman–Crippen LogP) is 4.49. The molecule has 2 nitrogen and oxygen atoms in total. The molecule has 1 aromatic rings. The van der Waals surface area contributed by atoms with E-state index in [1.807, 2.05) is 26.8 Å². The topological polar surface area (TPSA) is 29.5 Å². The summed E-state index contributed by atoms with van der Waals surface area (Å²) in [5.74, 6) is 0. The molecular weight excluding hydrogens is 283 g/mol. The fourth-order valence-corrected chi connectivity index (χ4v) is 2.88. The Bertz CT molecular complexity index is 403. The number of ether oxygens (including phenoxy) is 1. The molecule has 19 heavy (non-hydrogen) atoms. The second kappa shape index (κ2) is 7.49. The first-order chi connectivity index (χ1) is 8.99. The molecule has 1 aromatic carbocycles. The van der Waals surface area contributed by atoms with Crippen LogP contribution in [0.3, 0.4) is 0 Å². The lowest BCUT2D eigenvalue weighted by Crippen LogP contribution is -2.45. The molecule has 0 aliphatic carbocycles. The molecule has 0 bridgehead atoms. The van der Waals surface area contributed by atoms with Gasteiger partial charge in [0.05, 0.1) is 11.7 Å². The molecule has 1 N–H and O–H groups in total. The summed E-state index contributed by atoms with van der Waals surface area (Å²) in [5, 5.41) is 11.7. The fourth-order valence-electron chi connectivity index (χ4n) is 2.39. The van der Waals surface area contributed by atoms with Crippen LogP contribution in [0.1, 0.15) is 39.2 Å². The normalized spacial score (nSPS) is 13.6. The van der Waals surface area contributed by atoms with Gasteiger partial charge in [-0.15, -0.1) is 0 Å². The van der Waals surface area contributed by atoms with Crippen LogP contribution in [0.25, 0.3) is 0 Å². The van der Waals surface area contributed by atoms with Crippen LogP contribution in [0.5, 0.6) is 0 Å². The maximum absolute atomic E-state index is 10.5. The average molecular weight is 305 g/mol. The quantitative estimate of drug-likeness (QED) is 0.804. The second-order valence-electron chi connectivity index (χ2n) is 4.66. The van der Waals surface area contributed by atoms with Gasteiger partial charge < -0.3 is 9.84 Å². The summed E-state index contributed by atoms with van der Waals surface area (Å²) in [6.07, 6.45) is 1.42. The summed E-state index contributed by atoms with van der Waals surface area (Å²) in [6, 6.07) is 5.34. The van der Waals surface area contributed by atoms with Crippen molar-refractivity contribution in [2.45, 2.75) is 51.7 Å². The van der Waals surface area contributed by atoms with Crippen molar-refractivity contribution in [1.29, 1.82) is 0 Å². The molecule has 0 heterocycles. The van der Waals surface area contributed by atoms with E-state index in [0.717, 1.165) is 18.4 Å². The van der Waals surface area contributed by atoms with E-state index in [0.29, 0.717) is 23.1 Å². The number of aliphatic hydroxyl groups is 1. The molecular formula is C15H22Cl2O2. The molecule has 1 atom stereocenters. The molecule has 0 amide bonds. The van der Waals surface area contributed by atoms with Crippen molar-refractivity contribution < 1.29 is 9.84 Å². The molecule has 0 saturated heterocycles. The van der Waals surface area contributed by atoms with Gasteiger partial charge in [-0.2, -0.15) is 0 Å². The molecule has 4 heteroatoms. The maximum atomic E-state index is 10.5. The van der Waals surface area contributed by atoms with Crippen molar-refractivity contribution in [3.05, 3.63) is 33.8 Å². The fraction of sp³-hybridized carbons (Fsp3) is 0.600. The SMILES string of the molecule is CCOC(CC)(CC)C(O)Cc1ccc(Cl)cc1Cl. The minimum atomic E-state index is -0.582. The molecule has 108 valence electrons. The van der Waals surface area contributed by atoms with Gasteiger partial charge in [-0.1, -0.05) is 43.1 Å². The van der Waals surface area contributed by atoms with E-state index in [4.69, 9.17) is 27.9 Å². The number of hydrogen-bond acceptors (Lipinski definition) is 2. The average Bonchev–Trinajstić information content (AvgIpc) is 2.39. The first-order valence-electron chi connectivity index (χ1n) is 6.75. The summed E-state index contributed by atoms with van der Waals surface area (Å²) in [4.78, 5) is 0. The van der Waals surface area contributed by atoms with Crippen LogP contribution in [0.2, 0.25) is 10.0 Å². The Labute approximate surface area is 125 Å². The van der Waals surface area contributed by atoms with Gasteiger partial charge in [-0.05, 0) is 37.5 Å². The van der Waals surface area contributed by atoms with Crippen molar-refractivity contribution in [3.63, 3.8) is 0 Å². The van der Waals surface area contributed by atoms with Crippen LogP contribution in [0.4, 0.5) is 0 Å². The lowest BCUT2D eigenvalue weighted by atomic mass is 9.86. The first kappa shape index (κ1) is 16.8. The highest BCUT2D eigenvalue weighted by molar-refractivity contribution is 6.35. The molecule has 0 aliphatic heterocycles. The van der Waals surface area contributed by atoms with Gasteiger partial charge in [-0.25, -0.2) is 0 Å². The van der Waals surface area contributed by atoms with Crippen LogP contribution in [0, 0.1) is 0 Å². The highest BCUT2D eigenvalue weighted by Crippen LogP contribution is 2.30. The van der Waals surface area contributed by atoms with E-state index in [1.54, 1.807) is 12.1 Å². The standard InChI is InChI=1S/C15H22Cl2O2/c1-4-15(5-2,19-6-3)14(18)9-11-7-8-12(16)10-13(11)17/h7-8,10,14,18H,4-6,9H2,1-3H3. The zero-order chi connectivity index (χ0) is 14.5. The summed E-state index contributed by atoms with van der Waals surface area (Å²) < 4.78 is 5.81. The minimum absolute atomic E-state index is 0.470. The third-order valence-electron chi connectivity index (χ3n) is 3.66. The van der Waals surface area contributed by atoms with Gasteiger partial charge in [0.15, 0.2) is 0 Å². The Morgan fingerprint density at radius 2 is 1.84 bits per heavy atom. The number of hydrogen-bond donors (Lipinski definition) is 1. The van der Waals surface area contributed by atoms with E-state index in [-0.39, 0.29) is 0 Å². The first-order valence-corrected chi connectivity index (χ1v) is 7.50. The van der Waals surface area contributed by atoms with E-state index < -0.39 is 11.7 Å².